The maximum Gasteiger partial charge on any atom is 0.258 e. The lowest BCUT2D eigenvalue weighted by Gasteiger charge is -2.16. The van der Waals surface area contributed by atoms with E-state index in [-0.39, 0.29) is 11.5 Å². The average Bonchev–Trinajstić information content (AvgIpc) is 2.95. The second kappa shape index (κ2) is 7.13. The summed E-state index contributed by atoms with van der Waals surface area (Å²) in [7, 11) is 0. The molecular formula is C18H16BrFN2O2. The van der Waals surface area contributed by atoms with Crippen LogP contribution in [0.1, 0.15) is 28.8 Å². The Hall–Kier alpha value is -2.21. The summed E-state index contributed by atoms with van der Waals surface area (Å²) in [4.78, 5) is 25.8. The molecule has 1 heterocycles. The smallest absolute Gasteiger partial charge is 0.258 e. The molecule has 6 heteroatoms. The molecule has 1 saturated heterocycles. The van der Waals surface area contributed by atoms with Crippen LogP contribution in [0, 0.1) is 5.82 Å². The van der Waals surface area contributed by atoms with E-state index < -0.39 is 11.7 Å². The van der Waals surface area contributed by atoms with E-state index in [0.29, 0.717) is 23.1 Å². The van der Waals surface area contributed by atoms with Crippen molar-refractivity contribution in [3.8, 4) is 0 Å². The number of nitrogens with one attached hydrogen (secondary N) is 1. The molecule has 1 N–H and O–H groups in total. The topological polar surface area (TPSA) is 49.4 Å². The third-order valence-electron chi connectivity index (χ3n) is 3.90. The van der Waals surface area contributed by atoms with Gasteiger partial charge in [0.15, 0.2) is 0 Å². The van der Waals surface area contributed by atoms with Crippen LogP contribution in [-0.2, 0) is 11.3 Å². The Labute approximate surface area is 147 Å². The Morgan fingerprint density at radius 2 is 2.08 bits per heavy atom. The molecule has 1 fully saturated rings. The maximum atomic E-state index is 13.8. The fraction of sp³-hybridized carbons (Fsp3) is 0.222. The van der Waals surface area contributed by atoms with Crippen LogP contribution in [0.3, 0.4) is 0 Å². The van der Waals surface area contributed by atoms with Gasteiger partial charge in [-0.3, -0.25) is 9.59 Å². The predicted molar refractivity (Wildman–Crippen MR) is 93.1 cm³/mol. The Bertz CT molecular complexity index is 794. The summed E-state index contributed by atoms with van der Waals surface area (Å²) in [5, 5.41) is 2.70. The number of amides is 2. The van der Waals surface area contributed by atoms with E-state index in [0.717, 1.165) is 18.5 Å². The van der Waals surface area contributed by atoms with Gasteiger partial charge in [-0.15, -0.1) is 0 Å². The number of halogens is 2. The van der Waals surface area contributed by atoms with Crippen molar-refractivity contribution in [2.24, 2.45) is 0 Å². The van der Waals surface area contributed by atoms with Gasteiger partial charge in [-0.1, -0.05) is 28.1 Å². The zero-order chi connectivity index (χ0) is 17.1. The van der Waals surface area contributed by atoms with E-state index in [4.69, 9.17) is 0 Å². The Balaban J connectivity index is 1.73. The minimum absolute atomic E-state index is 0.0236. The van der Waals surface area contributed by atoms with Crippen LogP contribution in [0.25, 0.3) is 0 Å². The number of benzene rings is 2. The highest BCUT2D eigenvalue weighted by molar-refractivity contribution is 9.10. The highest BCUT2D eigenvalue weighted by Gasteiger charge is 2.20. The van der Waals surface area contributed by atoms with Crippen molar-refractivity contribution in [1.29, 1.82) is 0 Å². The van der Waals surface area contributed by atoms with Gasteiger partial charge in [-0.25, -0.2) is 4.39 Å². The molecule has 0 saturated carbocycles. The lowest BCUT2D eigenvalue weighted by Crippen LogP contribution is -2.23. The van der Waals surface area contributed by atoms with Gasteiger partial charge in [0.1, 0.15) is 5.82 Å². The second-order valence-electron chi connectivity index (χ2n) is 5.70. The van der Waals surface area contributed by atoms with Gasteiger partial charge in [0.25, 0.3) is 5.91 Å². The lowest BCUT2D eigenvalue weighted by atomic mass is 10.1. The molecule has 2 amide bonds. The molecule has 124 valence electrons. The molecule has 0 unspecified atom stereocenters. The van der Waals surface area contributed by atoms with Crippen LogP contribution in [-0.4, -0.2) is 23.3 Å². The number of anilines is 1. The first-order chi connectivity index (χ1) is 11.5. The maximum absolute atomic E-state index is 13.8. The van der Waals surface area contributed by atoms with Gasteiger partial charge in [0.2, 0.25) is 5.91 Å². The van der Waals surface area contributed by atoms with Crippen molar-refractivity contribution in [2.75, 3.05) is 11.9 Å². The molecule has 4 nitrogen and oxygen atoms in total. The van der Waals surface area contributed by atoms with Crippen molar-refractivity contribution in [1.82, 2.24) is 4.90 Å². The molecule has 0 aliphatic carbocycles. The highest BCUT2D eigenvalue weighted by Crippen LogP contribution is 2.20. The van der Waals surface area contributed by atoms with Crippen LogP contribution in [0.5, 0.6) is 0 Å². The number of nitrogens with zero attached hydrogens (tertiary/aromatic N) is 1. The van der Waals surface area contributed by atoms with Crippen LogP contribution in [0.2, 0.25) is 0 Å². The van der Waals surface area contributed by atoms with Gasteiger partial charge >= 0.3 is 0 Å². The monoisotopic (exact) mass is 390 g/mol. The van der Waals surface area contributed by atoms with E-state index in [1.165, 1.54) is 12.1 Å². The molecule has 0 radical (unpaired) electrons. The standard InChI is InChI=1S/C18H16BrFN2O2/c19-13-6-7-16(20)15(10-13)18(24)21-14-4-1-3-12(9-14)11-22-8-2-5-17(22)23/h1,3-4,6-7,9-10H,2,5,8,11H2,(H,21,24). The normalized spacial score (nSPS) is 14.1. The molecule has 24 heavy (non-hydrogen) atoms. The van der Waals surface area contributed by atoms with Gasteiger partial charge in [-0.05, 0) is 42.3 Å². The zero-order valence-electron chi connectivity index (χ0n) is 12.9. The first-order valence-corrected chi connectivity index (χ1v) is 8.45. The van der Waals surface area contributed by atoms with E-state index in [9.17, 15) is 14.0 Å². The van der Waals surface area contributed by atoms with Crippen LogP contribution in [0.4, 0.5) is 10.1 Å². The summed E-state index contributed by atoms with van der Waals surface area (Å²) in [5.41, 5.74) is 1.48. The number of rotatable bonds is 4. The molecule has 3 rings (SSSR count). The zero-order valence-corrected chi connectivity index (χ0v) is 14.5. The number of likely N-dealkylation sites (tertiary alicyclic amines) is 1. The largest absolute Gasteiger partial charge is 0.338 e. The van der Waals surface area contributed by atoms with Crippen LogP contribution < -0.4 is 5.32 Å². The van der Waals surface area contributed by atoms with Gasteiger partial charge in [0.05, 0.1) is 5.56 Å². The van der Waals surface area contributed by atoms with Crippen molar-refractivity contribution < 1.29 is 14.0 Å². The molecule has 0 spiro atoms. The van der Waals surface area contributed by atoms with Crippen molar-refractivity contribution in [3.63, 3.8) is 0 Å². The Kier molecular flexibility index (Phi) is 4.94. The third-order valence-corrected chi connectivity index (χ3v) is 4.40. The van der Waals surface area contributed by atoms with Crippen LogP contribution >= 0.6 is 15.9 Å². The number of carbonyl (C=O) groups is 2. The van der Waals surface area contributed by atoms with Gasteiger partial charge in [0, 0.05) is 29.7 Å². The summed E-state index contributed by atoms with van der Waals surface area (Å²) in [6, 6.07) is 11.5. The van der Waals surface area contributed by atoms with E-state index in [1.54, 1.807) is 23.1 Å². The first-order valence-electron chi connectivity index (χ1n) is 7.66. The molecule has 2 aromatic carbocycles. The van der Waals surface area contributed by atoms with Gasteiger partial charge < -0.3 is 10.2 Å². The van der Waals surface area contributed by atoms with Crippen molar-refractivity contribution in [2.45, 2.75) is 19.4 Å². The molecule has 0 bridgehead atoms. The fourth-order valence-electron chi connectivity index (χ4n) is 2.71. The predicted octanol–water partition coefficient (Wildman–Crippen LogP) is 3.96. The summed E-state index contributed by atoms with van der Waals surface area (Å²) in [6.45, 7) is 1.28. The SMILES string of the molecule is O=C(Nc1cccc(CN2CCCC2=O)c1)c1cc(Br)ccc1F. The summed E-state index contributed by atoms with van der Waals surface area (Å²) >= 11 is 3.23. The highest BCUT2D eigenvalue weighted by atomic mass is 79.9. The van der Waals surface area contributed by atoms with E-state index in [2.05, 4.69) is 21.2 Å². The molecule has 0 atom stereocenters. The average molecular weight is 391 g/mol. The quantitative estimate of drug-likeness (QED) is 0.858. The second-order valence-corrected chi connectivity index (χ2v) is 6.61. The fourth-order valence-corrected chi connectivity index (χ4v) is 3.07. The minimum atomic E-state index is -0.575. The lowest BCUT2D eigenvalue weighted by molar-refractivity contribution is -0.128. The Morgan fingerprint density at radius 3 is 2.83 bits per heavy atom. The van der Waals surface area contributed by atoms with Crippen molar-refractivity contribution in [3.05, 3.63) is 63.9 Å². The summed E-state index contributed by atoms with van der Waals surface area (Å²) < 4.78 is 14.4. The molecular weight excluding hydrogens is 375 g/mol. The van der Waals surface area contributed by atoms with E-state index >= 15 is 0 Å². The Morgan fingerprint density at radius 1 is 1.25 bits per heavy atom. The number of carbonyl (C=O) groups excluding carboxylic acids is 2. The van der Waals surface area contributed by atoms with Gasteiger partial charge in [-0.2, -0.15) is 0 Å². The molecule has 2 aromatic rings. The summed E-state index contributed by atoms with van der Waals surface area (Å²) in [6.07, 6.45) is 1.48. The van der Waals surface area contributed by atoms with Crippen molar-refractivity contribution >= 4 is 33.4 Å². The van der Waals surface area contributed by atoms with Crippen LogP contribution in [0.15, 0.2) is 46.9 Å². The first kappa shape index (κ1) is 16.6. The third kappa shape index (κ3) is 3.82. The van der Waals surface area contributed by atoms with E-state index in [1.807, 2.05) is 12.1 Å². The number of hydrogen-bond donors (Lipinski definition) is 1. The molecule has 1 aliphatic rings. The molecule has 1 aliphatic heterocycles. The number of hydrogen-bond acceptors (Lipinski definition) is 2. The minimum Gasteiger partial charge on any atom is -0.338 e. The summed E-state index contributed by atoms with van der Waals surface area (Å²) in [5.74, 6) is -0.932. The molecule has 0 aromatic heterocycles.